The minimum absolute atomic E-state index is 0.105. The maximum Gasteiger partial charge on any atom is 0.407 e. The molecule has 0 saturated carbocycles. The Kier molecular flexibility index (Phi) is 3.09. The van der Waals surface area contributed by atoms with Crippen LogP contribution >= 0.6 is 0 Å². The summed E-state index contributed by atoms with van der Waals surface area (Å²) in [4.78, 5) is 0. The molecule has 3 nitrogen and oxygen atoms in total. The summed E-state index contributed by atoms with van der Waals surface area (Å²) in [6, 6.07) is 1.23. The first kappa shape index (κ1) is 11.6. The molecular formula is C9H10F3NO2. The molecule has 0 spiro atoms. The van der Waals surface area contributed by atoms with Gasteiger partial charge in [-0.1, -0.05) is 6.07 Å². The number of benzene rings is 1. The molecule has 0 amide bonds. The molecule has 1 aromatic carbocycles. The standard InChI is InChI=1S/C9H10F3NO2/c1-15-7-3-2-5(4-6(7)14)8(13)9(10,11)12/h2-4,8,14H,13H2,1H3. The normalized spacial score (nSPS) is 13.7. The summed E-state index contributed by atoms with van der Waals surface area (Å²) >= 11 is 0. The van der Waals surface area contributed by atoms with E-state index in [1.165, 1.54) is 13.2 Å². The van der Waals surface area contributed by atoms with E-state index in [9.17, 15) is 18.3 Å². The Morgan fingerprint density at radius 1 is 1.40 bits per heavy atom. The highest BCUT2D eigenvalue weighted by Gasteiger charge is 2.38. The van der Waals surface area contributed by atoms with Crippen molar-refractivity contribution in [2.75, 3.05) is 7.11 Å². The van der Waals surface area contributed by atoms with Gasteiger partial charge in [-0.3, -0.25) is 0 Å². The Bertz CT molecular complexity index is 352. The lowest BCUT2D eigenvalue weighted by Crippen LogP contribution is -2.28. The molecule has 15 heavy (non-hydrogen) atoms. The van der Waals surface area contributed by atoms with Gasteiger partial charge in [0.25, 0.3) is 0 Å². The summed E-state index contributed by atoms with van der Waals surface area (Å²) in [6.07, 6.45) is -4.53. The molecule has 0 aliphatic rings. The number of ether oxygens (including phenoxy) is 1. The van der Waals surface area contributed by atoms with E-state index in [4.69, 9.17) is 10.5 Å². The highest BCUT2D eigenvalue weighted by atomic mass is 19.4. The lowest BCUT2D eigenvalue weighted by Gasteiger charge is -2.16. The predicted octanol–water partition coefficient (Wildman–Crippen LogP) is 1.96. The number of aromatic hydroxyl groups is 1. The van der Waals surface area contributed by atoms with E-state index in [1.54, 1.807) is 0 Å². The van der Waals surface area contributed by atoms with Crippen LogP contribution in [-0.4, -0.2) is 18.4 Å². The van der Waals surface area contributed by atoms with Gasteiger partial charge in [0.05, 0.1) is 7.11 Å². The molecule has 0 aliphatic heterocycles. The average molecular weight is 221 g/mol. The van der Waals surface area contributed by atoms with Gasteiger partial charge in [-0.15, -0.1) is 0 Å². The Labute approximate surface area is 84.3 Å². The van der Waals surface area contributed by atoms with Crippen LogP contribution in [0.15, 0.2) is 18.2 Å². The highest BCUT2D eigenvalue weighted by Crippen LogP contribution is 2.34. The number of hydrogen-bond donors (Lipinski definition) is 2. The van der Waals surface area contributed by atoms with Crippen molar-refractivity contribution in [3.05, 3.63) is 23.8 Å². The maximum atomic E-state index is 12.2. The first-order valence-corrected chi connectivity index (χ1v) is 4.05. The maximum absolute atomic E-state index is 12.2. The Balaban J connectivity index is 3.02. The zero-order valence-corrected chi connectivity index (χ0v) is 7.88. The third-order valence-electron chi connectivity index (χ3n) is 1.91. The lowest BCUT2D eigenvalue weighted by molar-refractivity contribution is -0.149. The van der Waals surface area contributed by atoms with Crippen molar-refractivity contribution in [3.63, 3.8) is 0 Å². The van der Waals surface area contributed by atoms with Crippen LogP contribution in [0.25, 0.3) is 0 Å². The monoisotopic (exact) mass is 221 g/mol. The van der Waals surface area contributed by atoms with Gasteiger partial charge in [0.15, 0.2) is 11.5 Å². The van der Waals surface area contributed by atoms with E-state index in [0.717, 1.165) is 12.1 Å². The lowest BCUT2D eigenvalue weighted by atomic mass is 10.1. The number of phenols is 1. The van der Waals surface area contributed by atoms with Gasteiger partial charge in [-0.25, -0.2) is 0 Å². The number of alkyl halides is 3. The van der Waals surface area contributed by atoms with E-state index in [1.807, 2.05) is 0 Å². The minimum Gasteiger partial charge on any atom is -0.504 e. The van der Waals surface area contributed by atoms with E-state index in [2.05, 4.69) is 0 Å². The van der Waals surface area contributed by atoms with E-state index < -0.39 is 12.2 Å². The molecule has 0 bridgehead atoms. The van der Waals surface area contributed by atoms with Gasteiger partial charge in [0.1, 0.15) is 6.04 Å². The van der Waals surface area contributed by atoms with Crippen LogP contribution in [0.2, 0.25) is 0 Å². The number of phenolic OH excluding ortho intramolecular Hbond substituents is 1. The summed E-state index contributed by atoms with van der Waals surface area (Å²) in [5.74, 6) is -0.261. The quantitative estimate of drug-likeness (QED) is 0.802. The van der Waals surface area contributed by atoms with Crippen LogP contribution in [0.5, 0.6) is 11.5 Å². The zero-order valence-electron chi connectivity index (χ0n) is 7.88. The molecule has 1 atom stereocenters. The predicted molar refractivity (Wildman–Crippen MR) is 47.6 cm³/mol. The SMILES string of the molecule is COc1ccc(C(N)C(F)(F)F)cc1O. The smallest absolute Gasteiger partial charge is 0.407 e. The second-order valence-corrected chi connectivity index (χ2v) is 2.95. The largest absolute Gasteiger partial charge is 0.504 e. The van der Waals surface area contributed by atoms with Gasteiger partial charge in [-0.2, -0.15) is 13.2 Å². The molecule has 0 saturated heterocycles. The van der Waals surface area contributed by atoms with Crippen LogP contribution in [0.1, 0.15) is 11.6 Å². The number of hydrogen-bond acceptors (Lipinski definition) is 3. The molecule has 0 heterocycles. The van der Waals surface area contributed by atoms with Crippen molar-refractivity contribution in [2.24, 2.45) is 5.73 Å². The minimum atomic E-state index is -4.53. The summed E-state index contributed by atoms with van der Waals surface area (Å²) in [5.41, 5.74) is 4.75. The molecule has 84 valence electrons. The molecule has 0 fully saturated rings. The first-order chi connectivity index (χ1) is 6.86. The fourth-order valence-corrected chi connectivity index (χ4v) is 1.09. The summed E-state index contributed by atoms with van der Waals surface area (Å²) < 4.78 is 41.3. The highest BCUT2D eigenvalue weighted by molar-refractivity contribution is 5.42. The van der Waals surface area contributed by atoms with Gasteiger partial charge in [-0.05, 0) is 17.7 Å². The fraction of sp³-hybridized carbons (Fsp3) is 0.333. The second-order valence-electron chi connectivity index (χ2n) is 2.95. The molecular weight excluding hydrogens is 211 g/mol. The molecule has 6 heteroatoms. The molecule has 1 rings (SSSR count). The van der Waals surface area contributed by atoms with Crippen molar-refractivity contribution in [1.82, 2.24) is 0 Å². The Morgan fingerprint density at radius 3 is 2.40 bits per heavy atom. The Hall–Kier alpha value is -1.43. The first-order valence-electron chi connectivity index (χ1n) is 4.05. The summed E-state index contributed by atoms with van der Waals surface area (Å²) in [7, 11) is 1.30. The van der Waals surface area contributed by atoms with Crippen molar-refractivity contribution >= 4 is 0 Å². The fourth-order valence-electron chi connectivity index (χ4n) is 1.09. The van der Waals surface area contributed by atoms with Crippen molar-refractivity contribution in [2.45, 2.75) is 12.2 Å². The third-order valence-corrected chi connectivity index (χ3v) is 1.91. The summed E-state index contributed by atoms with van der Waals surface area (Å²) in [6.45, 7) is 0. The topological polar surface area (TPSA) is 55.5 Å². The van der Waals surface area contributed by atoms with Gasteiger partial charge in [0.2, 0.25) is 0 Å². The molecule has 0 aliphatic carbocycles. The van der Waals surface area contributed by atoms with E-state index in [-0.39, 0.29) is 17.1 Å². The molecule has 0 aromatic heterocycles. The average Bonchev–Trinajstić information content (AvgIpc) is 2.15. The molecule has 1 unspecified atom stereocenters. The zero-order chi connectivity index (χ0) is 11.6. The van der Waals surface area contributed by atoms with E-state index in [0.29, 0.717) is 0 Å². The molecule has 1 aromatic rings. The van der Waals surface area contributed by atoms with Crippen molar-refractivity contribution in [1.29, 1.82) is 0 Å². The molecule has 0 radical (unpaired) electrons. The molecule has 3 N–H and O–H groups in total. The van der Waals surface area contributed by atoms with Crippen LogP contribution < -0.4 is 10.5 Å². The third kappa shape index (κ3) is 2.53. The van der Waals surface area contributed by atoms with Crippen LogP contribution in [0.4, 0.5) is 13.2 Å². The van der Waals surface area contributed by atoms with Crippen LogP contribution in [-0.2, 0) is 0 Å². The van der Waals surface area contributed by atoms with Gasteiger partial charge < -0.3 is 15.6 Å². The van der Waals surface area contributed by atoms with Crippen molar-refractivity contribution < 1.29 is 23.0 Å². The number of methoxy groups -OCH3 is 1. The van der Waals surface area contributed by atoms with Crippen LogP contribution in [0.3, 0.4) is 0 Å². The van der Waals surface area contributed by atoms with E-state index >= 15 is 0 Å². The second kappa shape index (κ2) is 3.98. The number of rotatable bonds is 2. The van der Waals surface area contributed by atoms with Gasteiger partial charge in [0, 0.05) is 0 Å². The summed E-state index contributed by atoms with van der Waals surface area (Å²) in [5, 5.41) is 9.26. The number of nitrogens with two attached hydrogens (primary N) is 1. The van der Waals surface area contributed by atoms with Crippen LogP contribution in [0, 0.1) is 0 Å². The van der Waals surface area contributed by atoms with Gasteiger partial charge >= 0.3 is 6.18 Å². The van der Waals surface area contributed by atoms with Crippen molar-refractivity contribution in [3.8, 4) is 11.5 Å². The Morgan fingerprint density at radius 2 is 2.00 bits per heavy atom. The number of halogens is 3.